The molecule has 0 bridgehead atoms. The second-order valence-corrected chi connectivity index (χ2v) is 9.98. The van der Waals surface area contributed by atoms with Crippen molar-refractivity contribution in [2.75, 3.05) is 13.6 Å². The lowest BCUT2D eigenvalue weighted by Crippen LogP contribution is -2.37. The number of carbonyl (C=O) groups excluding carboxylic acids is 1. The number of aliphatic carboxylic acids is 1. The Morgan fingerprint density at radius 1 is 1.03 bits per heavy atom. The topological polar surface area (TPSA) is 66.8 Å². The van der Waals surface area contributed by atoms with E-state index in [1.165, 1.54) is 0 Å². The van der Waals surface area contributed by atoms with Crippen LogP contribution in [0.25, 0.3) is 0 Å². The van der Waals surface area contributed by atoms with Crippen molar-refractivity contribution in [1.29, 1.82) is 0 Å². The van der Waals surface area contributed by atoms with Crippen LogP contribution in [0.2, 0.25) is 0 Å². The summed E-state index contributed by atoms with van der Waals surface area (Å²) in [7, 11) is 1.73. The van der Waals surface area contributed by atoms with E-state index in [2.05, 4.69) is 29.8 Å². The van der Waals surface area contributed by atoms with E-state index in [4.69, 9.17) is 4.74 Å². The van der Waals surface area contributed by atoms with Crippen LogP contribution in [0.3, 0.4) is 0 Å². The summed E-state index contributed by atoms with van der Waals surface area (Å²) >= 11 is 3.43. The maximum atomic E-state index is 12.4. The van der Waals surface area contributed by atoms with Gasteiger partial charge in [-0.15, -0.1) is 0 Å². The Morgan fingerprint density at radius 2 is 1.71 bits per heavy atom. The first-order valence-corrected chi connectivity index (χ1v) is 11.2. The Kier molecular flexibility index (Phi) is 8.69. The minimum Gasteiger partial charge on any atom is -0.481 e. The van der Waals surface area contributed by atoms with E-state index in [9.17, 15) is 14.7 Å². The molecule has 2 rings (SSSR count). The molecule has 168 valence electrons. The summed E-state index contributed by atoms with van der Waals surface area (Å²) in [6.07, 6.45) is 1.68. The van der Waals surface area contributed by atoms with Crippen LogP contribution in [-0.2, 0) is 21.6 Å². The van der Waals surface area contributed by atoms with Crippen molar-refractivity contribution in [3.63, 3.8) is 0 Å². The van der Waals surface area contributed by atoms with Gasteiger partial charge in [-0.3, -0.25) is 4.79 Å². The number of ether oxygens (including phenoxy) is 1. The smallest absolute Gasteiger partial charge is 0.409 e. The number of rotatable bonds is 10. The molecule has 1 amide bonds. The highest BCUT2D eigenvalue weighted by atomic mass is 79.9. The molecule has 2 aromatic carbocycles. The van der Waals surface area contributed by atoms with Gasteiger partial charge in [0, 0.05) is 18.1 Å². The molecule has 5 nitrogen and oxygen atoms in total. The maximum Gasteiger partial charge on any atom is 0.409 e. The molecule has 1 N–H and O–H groups in total. The van der Waals surface area contributed by atoms with Crippen LogP contribution in [0.1, 0.15) is 51.2 Å². The van der Waals surface area contributed by atoms with Gasteiger partial charge < -0.3 is 14.7 Å². The number of nitrogens with zero attached hydrogens (tertiary/aromatic N) is 1. The number of hydrogen-bond donors (Lipinski definition) is 1. The van der Waals surface area contributed by atoms with Crippen LogP contribution in [0.4, 0.5) is 4.79 Å². The van der Waals surface area contributed by atoms with Gasteiger partial charge in [-0.05, 0) is 48.4 Å². The Balaban J connectivity index is 1.89. The minimum absolute atomic E-state index is 0.169. The second-order valence-electron chi connectivity index (χ2n) is 9.06. The average molecular weight is 490 g/mol. The summed E-state index contributed by atoms with van der Waals surface area (Å²) in [6, 6.07) is 17.1. The predicted octanol–water partition coefficient (Wildman–Crippen LogP) is 6.26. The molecule has 0 aromatic heterocycles. The Bertz CT molecular complexity index is 884. The highest BCUT2D eigenvalue weighted by Gasteiger charge is 2.35. The van der Waals surface area contributed by atoms with E-state index >= 15 is 0 Å². The van der Waals surface area contributed by atoms with Gasteiger partial charge in [-0.25, -0.2) is 4.79 Å². The number of halogens is 1. The molecule has 0 fully saturated rings. The van der Waals surface area contributed by atoms with Crippen LogP contribution in [-0.4, -0.2) is 35.7 Å². The molecule has 0 heterocycles. The number of carboxylic acid groups (broad SMARTS) is 1. The van der Waals surface area contributed by atoms with E-state index in [0.717, 1.165) is 28.4 Å². The number of benzene rings is 2. The number of amides is 1. The molecule has 0 aliphatic heterocycles. The van der Waals surface area contributed by atoms with Crippen molar-refractivity contribution in [2.24, 2.45) is 5.41 Å². The lowest BCUT2D eigenvalue weighted by molar-refractivity contribution is -0.143. The van der Waals surface area contributed by atoms with Crippen molar-refractivity contribution in [1.82, 2.24) is 4.90 Å². The maximum absolute atomic E-state index is 12.4. The quantitative estimate of drug-likeness (QED) is 0.427. The summed E-state index contributed by atoms with van der Waals surface area (Å²) in [5.74, 6) is -0.829. The highest BCUT2D eigenvalue weighted by Crippen LogP contribution is 2.34. The van der Waals surface area contributed by atoms with Crippen molar-refractivity contribution in [3.05, 3.63) is 70.2 Å². The molecular formula is C25H32BrNO4. The molecule has 1 unspecified atom stereocenters. The fourth-order valence-electron chi connectivity index (χ4n) is 3.74. The van der Waals surface area contributed by atoms with Gasteiger partial charge in [-0.1, -0.05) is 78.7 Å². The Morgan fingerprint density at radius 3 is 2.32 bits per heavy atom. The first kappa shape index (κ1) is 24.9. The normalized spacial score (nSPS) is 13.3. The molecule has 31 heavy (non-hydrogen) atoms. The van der Waals surface area contributed by atoms with Gasteiger partial charge in [-0.2, -0.15) is 0 Å². The first-order valence-electron chi connectivity index (χ1n) is 10.4. The molecule has 0 saturated carbocycles. The third-order valence-corrected chi connectivity index (χ3v) is 6.14. The third kappa shape index (κ3) is 7.39. The van der Waals surface area contributed by atoms with Crippen molar-refractivity contribution in [2.45, 2.75) is 52.1 Å². The van der Waals surface area contributed by atoms with Crippen molar-refractivity contribution in [3.8, 4) is 0 Å². The Hall–Kier alpha value is -2.34. The predicted molar refractivity (Wildman–Crippen MR) is 126 cm³/mol. The van der Waals surface area contributed by atoms with Gasteiger partial charge in [0.05, 0.1) is 5.41 Å². The minimum atomic E-state index is -0.958. The fourth-order valence-corrected chi connectivity index (χ4v) is 4.14. The number of carbonyl (C=O) groups is 2. The van der Waals surface area contributed by atoms with Crippen LogP contribution in [0, 0.1) is 5.41 Å². The molecule has 0 aliphatic carbocycles. The van der Waals surface area contributed by atoms with E-state index in [-0.39, 0.29) is 18.1 Å². The highest BCUT2D eigenvalue weighted by molar-refractivity contribution is 9.10. The molecular weight excluding hydrogens is 458 g/mol. The molecule has 0 radical (unpaired) electrons. The van der Waals surface area contributed by atoms with Gasteiger partial charge >= 0.3 is 12.1 Å². The third-order valence-electron chi connectivity index (χ3n) is 5.65. The largest absolute Gasteiger partial charge is 0.481 e. The second kappa shape index (κ2) is 10.8. The first-order chi connectivity index (χ1) is 14.5. The zero-order chi connectivity index (χ0) is 23.1. The monoisotopic (exact) mass is 489 g/mol. The number of carboxylic acids is 1. The van der Waals surface area contributed by atoms with Crippen LogP contribution < -0.4 is 0 Å². The summed E-state index contributed by atoms with van der Waals surface area (Å²) in [4.78, 5) is 26.0. The molecule has 0 aliphatic rings. The molecule has 1 atom stereocenters. The van der Waals surface area contributed by atoms with E-state index in [1.54, 1.807) is 18.9 Å². The zero-order valence-corrected chi connectivity index (χ0v) is 20.3. The lowest BCUT2D eigenvalue weighted by atomic mass is 9.76. The molecule has 0 saturated heterocycles. The summed E-state index contributed by atoms with van der Waals surface area (Å²) < 4.78 is 6.27. The molecule has 2 aromatic rings. The van der Waals surface area contributed by atoms with Crippen molar-refractivity contribution < 1.29 is 19.4 Å². The fraction of sp³-hybridized carbons (Fsp3) is 0.440. The standard InChI is InChI=1S/C25H32BrNO4/c1-24(2,18-27(4)23(30)31-17-19-10-6-5-7-11-19)14-9-15-25(3,22(28)29)20-12-8-13-21(26)16-20/h5-8,10-13,16H,9,14-15,17-18H2,1-4H3,(H,28,29). The molecule has 6 heteroatoms. The summed E-state index contributed by atoms with van der Waals surface area (Å²) in [5.41, 5.74) is 0.607. The SMILES string of the molecule is CN(CC(C)(C)CCCC(C)(C(=O)O)c1cccc(Br)c1)C(=O)OCc1ccccc1. The van der Waals surface area contributed by atoms with Crippen LogP contribution in [0.15, 0.2) is 59.1 Å². The Labute approximate surface area is 193 Å². The average Bonchev–Trinajstić information content (AvgIpc) is 2.72. The van der Waals surface area contributed by atoms with Crippen LogP contribution >= 0.6 is 15.9 Å². The number of hydrogen-bond acceptors (Lipinski definition) is 3. The van der Waals surface area contributed by atoms with E-state index < -0.39 is 11.4 Å². The van der Waals surface area contributed by atoms with Gasteiger partial charge in [0.15, 0.2) is 0 Å². The van der Waals surface area contributed by atoms with Gasteiger partial charge in [0.1, 0.15) is 6.61 Å². The van der Waals surface area contributed by atoms with Gasteiger partial charge in [0.2, 0.25) is 0 Å². The van der Waals surface area contributed by atoms with Crippen LogP contribution in [0.5, 0.6) is 0 Å². The zero-order valence-electron chi connectivity index (χ0n) is 18.7. The van der Waals surface area contributed by atoms with E-state index in [1.807, 2.05) is 54.6 Å². The molecule has 0 spiro atoms. The van der Waals surface area contributed by atoms with Crippen molar-refractivity contribution >= 4 is 28.0 Å². The van der Waals surface area contributed by atoms with E-state index in [0.29, 0.717) is 13.0 Å². The summed E-state index contributed by atoms with van der Waals surface area (Å²) in [5, 5.41) is 9.89. The lowest BCUT2D eigenvalue weighted by Gasteiger charge is -2.32. The van der Waals surface area contributed by atoms with Gasteiger partial charge in [0.25, 0.3) is 0 Å². The summed E-state index contributed by atoms with van der Waals surface area (Å²) in [6.45, 7) is 6.73.